The highest BCUT2D eigenvalue weighted by Crippen LogP contribution is 2.28. The quantitative estimate of drug-likeness (QED) is 0.799. The highest BCUT2D eigenvalue weighted by atomic mass is 16.5. The molecule has 0 saturated carbocycles. The van der Waals surface area contributed by atoms with Crippen molar-refractivity contribution in [3.05, 3.63) is 42.0 Å². The van der Waals surface area contributed by atoms with Gasteiger partial charge in [0.2, 0.25) is 5.91 Å². The minimum absolute atomic E-state index is 0.0106. The lowest BCUT2D eigenvalue weighted by Crippen LogP contribution is -2.33. The number of aromatic nitrogens is 2. The molecule has 6 nitrogen and oxygen atoms in total. The normalized spacial score (nSPS) is 12.1. The number of ether oxygens (including phenoxy) is 2. The number of nitrogens with zero attached hydrogens (tertiary/aromatic N) is 2. The van der Waals surface area contributed by atoms with Crippen molar-refractivity contribution in [2.24, 2.45) is 13.0 Å². The summed E-state index contributed by atoms with van der Waals surface area (Å²) in [6.45, 7) is 4.15. The van der Waals surface area contributed by atoms with Crippen molar-refractivity contribution in [2.75, 3.05) is 14.2 Å². The van der Waals surface area contributed by atoms with Crippen LogP contribution < -0.4 is 14.8 Å². The van der Waals surface area contributed by atoms with E-state index in [1.165, 1.54) is 0 Å². The van der Waals surface area contributed by atoms with Gasteiger partial charge in [0.15, 0.2) is 11.5 Å². The second-order valence-corrected chi connectivity index (χ2v) is 6.37. The summed E-state index contributed by atoms with van der Waals surface area (Å²) < 4.78 is 12.5. The lowest BCUT2D eigenvalue weighted by atomic mass is 10.0. The number of aryl methyl sites for hydroxylation is 2. The number of imidazole rings is 1. The summed E-state index contributed by atoms with van der Waals surface area (Å²) in [5.41, 5.74) is 1.03. The van der Waals surface area contributed by atoms with Crippen LogP contribution in [0.1, 0.15) is 37.7 Å². The predicted octanol–water partition coefficient (Wildman–Crippen LogP) is 2.88. The molecule has 6 heteroatoms. The zero-order valence-electron chi connectivity index (χ0n) is 15.6. The largest absolute Gasteiger partial charge is 0.493 e. The zero-order valence-corrected chi connectivity index (χ0v) is 15.6. The summed E-state index contributed by atoms with van der Waals surface area (Å²) in [4.78, 5) is 16.8. The molecule has 2 rings (SSSR count). The Morgan fingerprint density at radius 3 is 2.52 bits per heavy atom. The molecule has 2 aromatic rings. The third-order valence-electron chi connectivity index (χ3n) is 4.21. The molecule has 0 aliphatic rings. The molecule has 0 spiro atoms. The molecule has 1 N–H and O–H groups in total. The van der Waals surface area contributed by atoms with Crippen molar-refractivity contribution in [1.82, 2.24) is 14.9 Å². The Bertz CT molecular complexity index is 710. The van der Waals surface area contributed by atoms with Crippen LogP contribution in [0.2, 0.25) is 0 Å². The molecular formula is C19H27N3O3. The van der Waals surface area contributed by atoms with E-state index < -0.39 is 0 Å². The van der Waals surface area contributed by atoms with Gasteiger partial charge in [-0.15, -0.1) is 0 Å². The van der Waals surface area contributed by atoms with Gasteiger partial charge in [0.25, 0.3) is 0 Å². The molecule has 136 valence electrons. The average Bonchev–Trinajstić information content (AvgIpc) is 3.02. The second-order valence-electron chi connectivity index (χ2n) is 6.37. The van der Waals surface area contributed by atoms with Crippen molar-refractivity contribution >= 4 is 5.91 Å². The first-order chi connectivity index (χ1) is 12.0. The SMILES string of the molecule is COc1ccc(CCC(=O)N[C@@H](c2nccn2C)C(C)C)cc1OC. The minimum Gasteiger partial charge on any atom is -0.493 e. The maximum atomic E-state index is 12.4. The van der Waals surface area contributed by atoms with E-state index >= 15 is 0 Å². The van der Waals surface area contributed by atoms with Crippen molar-refractivity contribution in [2.45, 2.75) is 32.7 Å². The van der Waals surface area contributed by atoms with E-state index in [9.17, 15) is 4.79 Å². The van der Waals surface area contributed by atoms with Gasteiger partial charge in [-0.1, -0.05) is 19.9 Å². The first-order valence-corrected chi connectivity index (χ1v) is 8.43. The molecule has 1 amide bonds. The highest BCUT2D eigenvalue weighted by Gasteiger charge is 2.21. The molecule has 0 fully saturated rings. The van der Waals surface area contributed by atoms with Gasteiger partial charge in [0.1, 0.15) is 5.82 Å². The van der Waals surface area contributed by atoms with E-state index in [4.69, 9.17) is 9.47 Å². The number of hydrogen-bond acceptors (Lipinski definition) is 4. The maximum Gasteiger partial charge on any atom is 0.220 e. The van der Waals surface area contributed by atoms with Crippen LogP contribution in [0.15, 0.2) is 30.6 Å². The summed E-state index contributed by atoms with van der Waals surface area (Å²) in [5.74, 6) is 2.50. The topological polar surface area (TPSA) is 65.4 Å². The summed E-state index contributed by atoms with van der Waals surface area (Å²) in [7, 11) is 5.15. The number of nitrogens with one attached hydrogen (secondary N) is 1. The second kappa shape index (κ2) is 8.55. The van der Waals surface area contributed by atoms with Gasteiger partial charge < -0.3 is 19.4 Å². The van der Waals surface area contributed by atoms with Crippen molar-refractivity contribution in [3.63, 3.8) is 0 Å². The van der Waals surface area contributed by atoms with Crippen molar-refractivity contribution in [1.29, 1.82) is 0 Å². The summed E-state index contributed by atoms with van der Waals surface area (Å²) in [5, 5.41) is 3.10. The molecule has 0 aliphatic carbocycles. The van der Waals surface area contributed by atoms with Crippen molar-refractivity contribution < 1.29 is 14.3 Å². The van der Waals surface area contributed by atoms with E-state index in [2.05, 4.69) is 24.1 Å². The molecule has 1 heterocycles. The van der Waals surface area contributed by atoms with E-state index in [0.717, 1.165) is 11.4 Å². The Morgan fingerprint density at radius 2 is 1.96 bits per heavy atom. The summed E-state index contributed by atoms with van der Waals surface area (Å²) >= 11 is 0. The Balaban J connectivity index is 1.99. The first kappa shape index (κ1) is 18.8. The molecular weight excluding hydrogens is 318 g/mol. The van der Waals surface area contributed by atoms with E-state index in [0.29, 0.717) is 24.3 Å². The Hall–Kier alpha value is -2.50. The summed E-state index contributed by atoms with van der Waals surface area (Å²) in [6, 6.07) is 5.62. The van der Waals surface area contributed by atoms with E-state index in [1.54, 1.807) is 20.4 Å². The fourth-order valence-electron chi connectivity index (χ4n) is 2.75. The number of carbonyl (C=O) groups excluding carboxylic acids is 1. The van der Waals surface area contributed by atoms with Crippen LogP contribution in [0.4, 0.5) is 0 Å². The molecule has 1 atom stereocenters. The monoisotopic (exact) mass is 345 g/mol. The lowest BCUT2D eigenvalue weighted by Gasteiger charge is -2.22. The van der Waals surface area contributed by atoms with Crippen LogP contribution in [0.25, 0.3) is 0 Å². The van der Waals surface area contributed by atoms with E-state index in [1.807, 2.05) is 36.0 Å². The predicted molar refractivity (Wildman–Crippen MR) is 96.8 cm³/mol. The molecule has 0 aliphatic heterocycles. The van der Waals surface area contributed by atoms with E-state index in [-0.39, 0.29) is 17.9 Å². The summed E-state index contributed by atoms with van der Waals surface area (Å²) in [6.07, 6.45) is 4.68. The lowest BCUT2D eigenvalue weighted by molar-refractivity contribution is -0.122. The van der Waals surface area contributed by atoms with Crippen molar-refractivity contribution in [3.8, 4) is 11.5 Å². The molecule has 1 aromatic heterocycles. The number of carbonyl (C=O) groups is 1. The van der Waals surface area contributed by atoms with Crippen LogP contribution in [-0.4, -0.2) is 29.7 Å². The Kier molecular flexibility index (Phi) is 6.44. The number of rotatable bonds is 8. The third-order valence-corrected chi connectivity index (χ3v) is 4.21. The molecule has 1 aromatic carbocycles. The zero-order chi connectivity index (χ0) is 18.4. The molecule has 25 heavy (non-hydrogen) atoms. The van der Waals surface area contributed by atoms with Crippen LogP contribution in [-0.2, 0) is 18.3 Å². The number of amides is 1. The average molecular weight is 345 g/mol. The molecule has 0 radical (unpaired) electrons. The molecule has 0 bridgehead atoms. The minimum atomic E-state index is -0.0992. The third kappa shape index (κ3) is 4.75. The van der Waals surface area contributed by atoms with Crippen LogP contribution in [0.3, 0.4) is 0 Å². The molecule has 0 unspecified atom stereocenters. The smallest absolute Gasteiger partial charge is 0.220 e. The highest BCUT2D eigenvalue weighted by molar-refractivity contribution is 5.76. The van der Waals surface area contributed by atoms with Crippen LogP contribution >= 0.6 is 0 Å². The van der Waals surface area contributed by atoms with Gasteiger partial charge in [0.05, 0.1) is 20.3 Å². The Labute approximate surface area is 149 Å². The standard InChI is InChI=1S/C19H27N3O3/c1-13(2)18(19-20-10-11-22(19)3)21-17(23)9-7-14-6-8-15(24-4)16(12-14)25-5/h6,8,10-13,18H,7,9H2,1-5H3,(H,21,23)/t18-/m1/s1. The van der Waals surface area contributed by atoms with Crippen LogP contribution in [0.5, 0.6) is 11.5 Å². The number of methoxy groups -OCH3 is 2. The van der Waals surface area contributed by atoms with Gasteiger partial charge in [-0.2, -0.15) is 0 Å². The first-order valence-electron chi connectivity index (χ1n) is 8.43. The molecule has 0 saturated heterocycles. The van der Waals surface area contributed by atoms with Crippen LogP contribution in [0, 0.1) is 5.92 Å². The maximum absolute atomic E-state index is 12.4. The fourth-order valence-corrected chi connectivity index (χ4v) is 2.75. The van der Waals surface area contributed by atoms with Gasteiger partial charge in [0, 0.05) is 25.9 Å². The number of benzene rings is 1. The van der Waals surface area contributed by atoms with Gasteiger partial charge in [-0.3, -0.25) is 4.79 Å². The number of hydrogen-bond donors (Lipinski definition) is 1. The Morgan fingerprint density at radius 1 is 1.24 bits per heavy atom. The van der Waals surface area contributed by atoms with Gasteiger partial charge in [-0.05, 0) is 30.0 Å². The fraction of sp³-hybridized carbons (Fsp3) is 0.474. The van der Waals surface area contributed by atoms with Gasteiger partial charge in [-0.25, -0.2) is 4.98 Å². The van der Waals surface area contributed by atoms with Gasteiger partial charge >= 0.3 is 0 Å².